The molecule has 1 fully saturated rings. The number of hydrogen-bond acceptors (Lipinski definition) is 5. The van der Waals surface area contributed by atoms with Gasteiger partial charge in [-0.1, -0.05) is 35.5 Å². The lowest BCUT2D eigenvalue weighted by Crippen LogP contribution is -2.37. The van der Waals surface area contributed by atoms with Crippen molar-refractivity contribution in [3.63, 3.8) is 0 Å². The summed E-state index contributed by atoms with van der Waals surface area (Å²) in [4.78, 5) is 18.8. The molecular weight excluding hydrogens is 304 g/mol. The molecule has 0 aliphatic carbocycles. The fraction of sp³-hybridized carbons (Fsp3) is 0.278. The minimum absolute atomic E-state index is 0.129. The van der Waals surface area contributed by atoms with Crippen LogP contribution in [0, 0.1) is 0 Å². The molecule has 1 unspecified atom stereocenters. The summed E-state index contributed by atoms with van der Waals surface area (Å²) in [5, 5.41) is 7.59. The molecule has 1 aromatic carbocycles. The molecular formula is C18H18N4O2. The molecule has 0 bridgehead atoms. The predicted octanol–water partition coefficient (Wildman–Crippen LogP) is 2.23. The van der Waals surface area contributed by atoms with Gasteiger partial charge in [-0.2, -0.15) is 0 Å². The Kier molecular flexibility index (Phi) is 3.96. The predicted molar refractivity (Wildman–Crippen MR) is 89.4 cm³/mol. The van der Waals surface area contributed by atoms with Gasteiger partial charge in [0.25, 0.3) is 5.91 Å². The zero-order valence-corrected chi connectivity index (χ0v) is 13.2. The lowest BCUT2D eigenvalue weighted by atomic mass is 10.2. The smallest absolute Gasteiger partial charge is 0.274 e. The van der Waals surface area contributed by atoms with Gasteiger partial charge in [0.1, 0.15) is 0 Å². The van der Waals surface area contributed by atoms with Gasteiger partial charge in [0.15, 0.2) is 11.3 Å². The third-order valence-electron chi connectivity index (χ3n) is 4.34. The Morgan fingerprint density at radius 2 is 2.17 bits per heavy atom. The highest BCUT2D eigenvalue weighted by molar-refractivity contribution is 6.03. The molecule has 1 atom stereocenters. The third kappa shape index (κ3) is 3.00. The van der Waals surface area contributed by atoms with Crippen LogP contribution in [-0.2, 0) is 6.54 Å². The lowest BCUT2D eigenvalue weighted by molar-refractivity contribution is 0.0930. The molecule has 1 aliphatic rings. The number of aromatic nitrogens is 2. The fourth-order valence-corrected chi connectivity index (χ4v) is 3.14. The molecule has 0 spiro atoms. The number of hydrogen-bond donors (Lipinski definition) is 1. The summed E-state index contributed by atoms with van der Waals surface area (Å²) in [6.45, 7) is 2.72. The first-order chi connectivity index (χ1) is 11.8. The third-order valence-corrected chi connectivity index (χ3v) is 4.34. The number of rotatable bonds is 4. The summed E-state index contributed by atoms with van der Waals surface area (Å²) >= 11 is 0. The fourth-order valence-electron chi connectivity index (χ4n) is 3.14. The molecule has 0 saturated carbocycles. The van der Waals surface area contributed by atoms with Crippen LogP contribution in [0.5, 0.6) is 0 Å². The van der Waals surface area contributed by atoms with Gasteiger partial charge in [-0.25, -0.2) is 0 Å². The number of fused-ring (bicyclic) bond motifs is 1. The van der Waals surface area contributed by atoms with Crippen molar-refractivity contribution in [2.45, 2.75) is 19.0 Å². The van der Waals surface area contributed by atoms with E-state index in [2.05, 4.69) is 32.5 Å². The monoisotopic (exact) mass is 322 g/mol. The van der Waals surface area contributed by atoms with Crippen molar-refractivity contribution in [1.82, 2.24) is 20.4 Å². The van der Waals surface area contributed by atoms with Crippen LogP contribution < -0.4 is 5.32 Å². The van der Waals surface area contributed by atoms with Crippen LogP contribution in [0.1, 0.15) is 22.5 Å². The molecule has 1 saturated heterocycles. The second kappa shape index (κ2) is 6.41. The first-order valence-electron chi connectivity index (χ1n) is 8.06. The lowest BCUT2D eigenvalue weighted by Gasteiger charge is -2.16. The van der Waals surface area contributed by atoms with Gasteiger partial charge in [-0.05, 0) is 12.0 Å². The molecule has 0 radical (unpaired) electrons. The quantitative estimate of drug-likeness (QED) is 0.797. The van der Waals surface area contributed by atoms with E-state index < -0.39 is 0 Å². The Balaban J connectivity index is 1.38. The Hall–Kier alpha value is -2.73. The minimum atomic E-state index is -0.201. The SMILES string of the molecule is O=C(NC1CCN(Cc2ccccc2)C1)c1noc2ccncc12. The number of nitrogens with zero attached hydrogens (tertiary/aromatic N) is 3. The maximum absolute atomic E-state index is 12.5. The number of nitrogens with one attached hydrogen (secondary N) is 1. The van der Waals surface area contributed by atoms with Crippen LogP contribution in [0.15, 0.2) is 53.3 Å². The number of pyridine rings is 1. The van der Waals surface area contributed by atoms with Crippen LogP contribution >= 0.6 is 0 Å². The van der Waals surface area contributed by atoms with Gasteiger partial charge >= 0.3 is 0 Å². The highest BCUT2D eigenvalue weighted by atomic mass is 16.5. The second-order valence-electron chi connectivity index (χ2n) is 6.08. The van der Waals surface area contributed by atoms with Crippen LogP contribution in [0.2, 0.25) is 0 Å². The Labute approximate surface area is 139 Å². The van der Waals surface area contributed by atoms with Crippen LogP contribution in [0.3, 0.4) is 0 Å². The largest absolute Gasteiger partial charge is 0.355 e. The standard InChI is InChI=1S/C18H18N4O2/c23-18(17-15-10-19-8-6-16(15)24-21-17)20-14-7-9-22(12-14)11-13-4-2-1-3-5-13/h1-6,8,10,14H,7,9,11-12H2,(H,20,23). The van der Waals surface area contributed by atoms with Crippen molar-refractivity contribution >= 4 is 16.9 Å². The van der Waals surface area contributed by atoms with Crippen molar-refractivity contribution in [2.24, 2.45) is 0 Å². The van der Waals surface area contributed by atoms with Crippen molar-refractivity contribution < 1.29 is 9.32 Å². The van der Waals surface area contributed by atoms with E-state index >= 15 is 0 Å². The molecule has 6 nitrogen and oxygen atoms in total. The summed E-state index contributed by atoms with van der Waals surface area (Å²) in [6, 6.07) is 12.2. The minimum Gasteiger partial charge on any atom is -0.355 e. The summed E-state index contributed by atoms with van der Waals surface area (Å²) in [7, 11) is 0. The number of carbonyl (C=O) groups excluding carboxylic acids is 1. The highest BCUT2D eigenvalue weighted by Gasteiger charge is 2.26. The van der Waals surface area contributed by atoms with E-state index in [9.17, 15) is 4.79 Å². The number of benzene rings is 1. The molecule has 6 heteroatoms. The van der Waals surface area contributed by atoms with Crippen molar-refractivity contribution in [1.29, 1.82) is 0 Å². The van der Waals surface area contributed by atoms with E-state index in [4.69, 9.17) is 4.52 Å². The summed E-state index contributed by atoms with van der Waals surface area (Å²) in [6.07, 6.45) is 4.16. The molecule has 122 valence electrons. The number of likely N-dealkylation sites (tertiary alicyclic amines) is 1. The first kappa shape index (κ1) is 14.8. The molecule has 1 aliphatic heterocycles. The van der Waals surface area contributed by atoms with E-state index in [1.807, 2.05) is 18.2 Å². The molecule has 4 rings (SSSR count). The zero-order valence-electron chi connectivity index (χ0n) is 13.2. The van der Waals surface area contributed by atoms with Gasteiger partial charge < -0.3 is 9.84 Å². The Morgan fingerprint density at radius 1 is 1.29 bits per heavy atom. The van der Waals surface area contributed by atoms with Crippen LogP contribution in [-0.4, -0.2) is 40.1 Å². The Bertz CT molecular complexity index is 846. The van der Waals surface area contributed by atoms with Crippen LogP contribution in [0.4, 0.5) is 0 Å². The summed E-state index contributed by atoms with van der Waals surface area (Å²) in [5.74, 6) is -0.201. The van der Waals surface area contributed by atoms with Crippen molar-refractivity contribution in [2.75, 3.05) is 13.1 Å². The number of carbonyl (C=O) groups is 1. The summed E-state index contributed by atoms with van der Waals surface area (Å²) in [5.41, 5.74) is 2.17. The molecule has 1 amide bonds. The Morgan fingerprint density at radius 3 is 3.04 bits per heavy atom. The van der Waals surface area contributed by atoms with Crippen LogP contribution in [0.25, 0.3) is 11.0 Å². The van der Waals surface area contributed by atoms with Gasteiger partial charge in [0, 0.05) is 44.1 Å². The highest BCUT2D eigenvalue weighted by Crippen LogP contribution is 2.18. The number of amides is 1. The van der Waals surface area contributed by atoms with Crippen molar-refractivity contribution in [3.05, 3.63) is 60.0 Å². The second-order valence-corrected chi connectivity index (χ2v) is 6.08. The van der Waals surface area contributed by atoms with Gasteiger partial charge in [0.05, 0.1) is 5.39 Å². The molecule has 1 N–H and O–H groups in total. The van der Waals surface area contributed by atoms with E-state index in [1.54, 1.807) is 18.5 Å². The normalized spacial score (nSPS) is 18.1. The summed E-state index contributed by atoms with van der Waals surface area (Å²) < 4.78 is 5.17. The molecule has 3 heterocycles. The maximum atomic E-state index is 12.5. The van der Waals surface area contributed by atoms with E-state index in [-0.39, 0.29) is 11.9 Å². The van der Waals surface area contributed by atoms with E-state index in [0.29, 0.717) is 16.7 Å². The topological polar surface area (TPSA) is 71.3 Å². The van der Waals surface area contributed by atoms with E-state index in [0.717, 1.165) is 26.1 Å². The van der Waals surface area contributed by atoms with Gasteiger partial charge in [-0.15, -0.1) is 0 Å². The first-order valence-corrected chi connectivity index (χ1v) is 8.06. The van der Waals surface area contributed by atoms with Gasteiger partial charge in [-0.3, -0.25) is 14.7 Å². The maximum Gasteiger partial charge on any atom is 0.274 e. The van der Waals surface area contributed by atoms with Gasteiger partial charge in [0.2, 0.25) is 0 Å². The molecule has 24 heavy (non-hydrogen) atoms. The molecule has 3 aromatic rings. The van der Waals surface area contributed by atoms with E-state index in [1.165, 1.54) is 5.56 Å². The van der Waals surface area contributed by atoms with Crippen molar-refractivity contribution in [3.8, 4) is 0 Å². The average Bonchev–Trinajstić information content (AvgIpc) is 3.22. The zero-order chi connectivity index (χ0) is 16.4. The average molecular weight is 322 g/mol. The molecule has 2 aromatic heterocycles.